The molecule has 176 valence electrons. The van der Waals surface area contributed by atoms with E-state index in [9.17, 15) is 13.2 Å². The van der Waals surface area contributed by atoms with E-state index in [1.54, 1.807) is 24.3 Å². The maximum Gasteiger partial charge on any atom is 0.319 e. The number of hydrogen-bond donors (Lipinski definition) is 2. The summed E-state index contributed by atoms with van der Waals surface area (Å²) in [7, 11) is -1.35. The number of rotatable bonds is 6. The molecule has 2 bridgehead atoms. The number of anilines is 1. The molecule has 6 nitrogen and oxygen atoms in total. The van der Waals surface area contributed by atoms with Gasteiger partial charge in [-0.1, -0.05) is 48.5 Å². The fourth-order valence-corrected chi connectivity index (χ4v) is 6.57. The Balaban J connectivity index is 1.23. The number of benzene rings is 3. The molecule has 2 aliphatic heterocycles. The molecule has 3 aromatic carbocycles. The Morgan fingerprint density at radius 3 is 2.35 bits per heavy atom. The number of nitrogens with zero attached hydrogens (tertiary/aromatic N) is 1. The van der Waals surface area contributed by atoms with Gasteiger partial charge in [-0.15, -0.1) is 0 Å². The molecule has 1 fully saturated rings. The summed E-state index contributed by atoms with van der Waals surface area (Å²) in [6.07, 6.45) is 2.31. The Labute approximate surface area is 200 Å². The maximum absolute atomic E-state index is 13.1. The second kappa shape index (κ2) is 8.89. The molecule has 34 heavy (non-hydrogen) atoms. The summed E-state index contributed by atoms with van der Waals surface area (Å²) >= 11 is 0. The summed E-state index contributed by atoms with van der Waals surface area (Å²) in [6.45, 7) is 1.91. The van der Waals surface area contributed by atoms with E-state index < -0.39 is 9.84 Å². The molecular formula is C27H29N3O3S. The quantitative estimate of drug-likeness (QED) is 0.503. The zero-order valence-electron chi connectivity index (χ0n) is 19.4. The number of nitrogens with one attached hydrogen (secondary N) is 2. The lowest BCUT2D eigenvalue weighted by Gasteiger charge is -2.15. The molecule has 2 amide bonds. The van der Waals surface area contributed by atoms with Crippen LogP contribution in [0.25, 0.3) is 0 Å². The standard InChI is InChI=1S/C27H29N3O3S/c1-18(20-6-4-3-5-7-20)28-27(31)29-21-9-11-22(12-10-21)34(32,33)17-19-8-13-23-24(16-19)26-15-14-25(23)30(26)2/h3-13,16,18,25-26H,14-15,17H2,1-2H3,(H2,28,29,31)/t18-,25?,26?/m0/s1. The molecule has 5 rings (SSSR count). The number of urea groups is 1. The van der Waals surface area contributed by atoms with Gasteiger partial charge in [0.15, 0.2) is 9.84 Å². The van der Waals surface area contributed by atoms with Gasteiger partial charge in [0, 0.05) is 17.8 Å². The van der Waals surface area contributed by atoms with E-state index in [4.69, 9.17) is 0 Å². The van der Waals surface area contributed by atoms with Crippen molar-refractivity contribution in [3.63, 3.8) is 0 Å². The van der Waals surface area contributed by atoms with Gasteiger partial charge in [0.2, 0.25) is 0 Å². The summed E-state index contributed by atoms with van der Waals surface area (Å²) < 4.78 is 26.1. The Kier molecular flexibility index (Phi) is 5.91. The van der Waals surface area contributed by atoms with Gasteiger partial charge in [0.25, 0.3) is 0 Å². The van der Waals surface area contributed by atoms with Crippen LogP contribution in [0.2, 0.25) is 0 Å². The number of hydrogen-bond acceptors (Lipinski definition) is 4. The van der Waals surface area contributed by atoms with E-state index in [1.165, 1.54) is 17.5 Å². The molecule has 0 aliphatic carbocycles. The maximum atomic E-state index is 13.1. The van der Waals surface area contributed by atoms with E-state index in [-0.39, 0.29) is 22.7 Å². The van der Waals surface area contributed by atoms with E-state index in [1.807, 2.05) is 43.3 Å². The van der Waals surface area contributed by atoms with Gasteiger partial charge in [-0.05, 0) is 73.3 Å². The number of carbonyl (C=O) groups is 1. The number of sulfone groups is 1. The van der Waals surface area contributed by atoms with Gasteiger partial charge in [-0.3, -0.25) is 4.90 Å². The molecule has 2 unspecified atom stereocenters. The van der Waals surface area contributed by atoms with Gasteiger partial charge in [0.05, 0.1) is 16.7 Å². The van der Waals surface area contributed by atoms with Crippen LogP contribution in [0.3, 0.4) is 0 Å². The Bertz CT molecular complexity index is 1310. The highest BCUT2D eigenvalue weighted by molar-refractivity contribution is 7.90. The van der Waals surface area contributed by atoms with Crippen LogP contribution in [0.5, 0.6) is 0 Å². The normalized spacial score (nSPS) is 20.1. The van der Waals surface area contributed by atoms with Crippen molar-refractivity contribution < 1.29 is 13.2 Å². The second-order valence-electron chi connectivity index (χ2n) is 9.25. The molecule has 1 saturated heterocycles. The fraction of sp³-hybridized carbons (Fsp3) is 0.296. The lowest BCUT2D eigenvalue weighted by atomic mass is 9.91. The van der Waals surface area contributed by atoms with Crippen molar-refractivity contribution >= 4 is 21.6 Å². The van der Waals surface area contributed by atoms with Crippen LogP contribution in [-0.4, -0.2) is 26.4 Å². The number of fused-ring (bicyclic) bond motifs is 5. The van der Waals surface area contributed by atoms with Crippen LogP contribution in [0.4, 0.5) is 10.5 Å². The first-order valence-electron chi connectivity index (χ1n) is 11.6. The predicted molar refractivity (Wildman–Crippen MR) is 133 cm³/mol. The summed E-state index contributed by atoms with van der Waals surface area (Å²) in [5.41, 5.74) is 4.98. The molecule has 0 saturated carbocycles. The summed E-state index contributed by atoms with van der Waals surface area (Å²) in [6, 6.07) is 22.5. The van der Waals surface area contributed by atoms with E-state index in [2.05, 4.69) is 34.7 Å². The third kappa shape index (κ3) is 4.33. The first kappa shape index (κ1) is 22.6. The van der Waals surface area contributed by atoms with Crippen LogP contribution < -0.4 is 10.6 Å². The minimum Gasteiger partial charge on any atom is -0.331 e. The van der Waals surface area contributed by atoms with Crippen LogP contribution >= 0.6 is 0 Å². The van der Waals surface area contributed by atoms with E-state index in [0.717, 1.165) is 17.5 Å². The largest absolute Gasteiger partial charge is 0.331 e. The van der Waals surface area contributed by atoms with Gasteiger partial charge in [-0.25, -0.2) is 13.2 Å². The second-order valence-corrected chi connectivity index (χ2v) is 11.2. The highest BCUT2D eigenvalue weighted by Crippen LogP contribution is 2.52. The van der Waals surface area contributed by atoms with Crippen molar-refractivity contribution in [3.05, 3.63) is 95.1 Å². The molecule has 3 aromatic rings. The summed E-state index contributed by atoms with van der Waals surface area (Å²) in [4.78, 5) is 15.0. The zero-order chi connectivity index (χ0) is 23.9. The predicted octanol–water partition coefficient (Wildman–Crippen LogP) is 5.36. The molecule has 0 spiro atoms. The first-order valence-corrected chi connectivity index (χ1v) is 13.3. The van der Waals surface area contributed by atoms with Crippen LogP contribution in [-0.2, 0) is 15.6 Å². The van der Waals surface area contributed by atoms with Crippen molar-refractivity contribution in [2.24, 2.45) is 0 Å². The van der Waals surface area contributed by atoms with Crippen LogP contribution in [0, 0.1) is 0 Å². The highest BCUT2D eigenvalue weighted by Gasteiger charge is 2.41. The molecular weight excluding hydrogens is 446 g/mol. The summed E-state index contributed by atoms with van der Waals surface area (Å²) in [5, 5.41) is 5.65. The summed E-state index contributed by atoms with van der Waals surface area (Å²) in [5.74, 6) is -0.0385. The zero-order valence-corrected chi connectivity index (χ0v) is 20.2. The number of carbonyl (C=O) groups excluding carboxylic acids is 1. The van der Waals surface area contributed by atoms with E-state index in [0.29, 0.717) is 17.8 Å². The lowest BCUT2D eigenvalue weighted by molar-refractivity contribution is 0.249. The fourth-order valence-electron chi connectivity index (χ4n) is 5.23. The van der Waals surface area contributed by atoms with Crippen molar-refractivity contribution in [2.45, 2.75) is 48.5 Å². The molecule has 2 heterocycles. The molecule has 0 radical (unpaired) electrons. The topological polar surface area (TPSA) is 78.5 Å². The molecule has 7 heteroatoms. The average Bonchev–Trinajstić information content (AvgIpc) is 3.32. The van der Waals surface area contributed by atoms with Gasteiger partial charge in [0.1, 0.15) is 0 Å². The third-order valence-electron chi connectivity index (χ3n) is 7.04. The lowest BCUT2D eigenvalue weighted by Crippen LogP contribution is -2.31. The highest BCUT2D eigenvalue weighted by atomic mass is 32.2. The third-order valence-corrected chi connectivity index (χ3v) is 8.74. The van der Waals surface area contributed by atoms with Gasteiger partial charge < -0.3 is 10.6 Å². The molecule has 3 atom stereocenters. The Hall–Kier alpha value is -3.16. The smallest absolute Gasteiger partial charge is 0.319 e. The molecule has 2 N–H and O–H groups in total. The Morgan fingerprint density at radius 2 is 1.65 bits per heavy atom. The number of amides is 2. The minimum atomic E-state index is -3.50. The Morgan fingerprint density at radius 1 is 0.971 bits per heavy atom. The van der Waals surface area contributed by atoms with Gasteiger partial charge in [-0.2, -0.15) is 0 Å². The average molecular weight is 476 g/mol. The van der Waals surface area contributed by atoms with E-state index >= 15 is 0 Å². The van der Waals surface area contributed by atoms with Gasteiger partial charge >= 0.3 is 6.03 Å². The van der Waals surface area contributed by atoms with Crippen molar-refractivity contribution in [3.8, 4) is 0 Å². The minimum absolute atomic E-state index is 0.0385. The van der Waals surface area contributed by atoms with Crippen molar-refractivity contribution in [2.75, 3.05) is 12.4 Å². The monoisotopic (exact) mass is 475 g/mol. The molecule has 0 aromatic heterocycles. The first-order chi connectivity index (χ1) is 16.3. The van der Waals surface area contributed by atoms with Crippen LogP contribution in [0.1, 0.15) is 60.1 Å². The molecule has 2 aliphatic rings. The van der Waals surface area contributed by atoms with Crippen molar-refractivity contribution in [1.29, 1.82) is 0 Å². The van der Waals surface area contributed by atoms with Crippen molar-refractivity contribution in [1.82, 2.24) is 10.2 Å². The SMILES string of the molecule is C[C@H](NC(=O)Nc1ccc(S(=O)(=O)Cc2ccc3c(c2)C2CCC3N2C)cc1)c1ccccc1. The van der Waals surface area contributed by atoms with Crippen LogP contribution in [0.15, 0.2) is 77.7 Å².